The first-order valence-corrected chi connectivity index (χ1v) is 6.25. The van der Waals surface area contributed by atoms with Crippen molar-refractivity contribution in [2.24, 2.45) is 0 Å². The van der Waals surface area contributed by atoms with Crippen molar-refractivity contribution in [3.63, 3.8) is 0 Å². The summed E-state index contributed by atoms with van der Waals surface area (Å²) in [6, 6.07) is -0.395. The number of piperidine rings is 1. The van der Waals surface area contributed by atoms with Crippen molar-refractivity contribution >= 4 is 5.97 Å². The highest BCUT2D eigenvalue weighted by Gasteiger charge is 2.33. The molecule has 6 nitrogen and oxygen atoms in total. The van der Waals surface area contributed by atoms with Gasteiger partial charge in [0.1, 0.15) is 6.04 Å². The first-order chi connectivity index (χ1) is 8.49. The standard InChI is InChI=1S/C12H19N3O3/c1-7(2)10-13-14-11(18-10)8-4-5-9(12(16)17)15(3)6-8/h7-9H,4-6H2,1-3H3,(H,16,17). The van der Waals surface area contributed by atoms with Gasteiger partial charge in [0, 0.05) is 12.5 Å². The second kappa shape index (κ2) is 5.06. The van der Waals surface area contributed by atoms with E-state index in [2.05, 4.69) is 10.2 Å². The van der Waals surface area contributed by atoms with Gasteiger partial charge in [-0.2, -0.15) is 0 Å². The molecule has 1 aliphatic rings. The Morgan fingerprint density at radius 3 is 2.67 bits per heavy atom. The molecular formula is C12H19N3O3. The second-order valence-corrected chi connectivity index (χ2v) is 5.20. The summed E-state index contributed by atoms with van der Waals surface area (Å²) in [6.45, 7) is 4.66. The van der Waals surface area contributed by atoms with E-state index in [0.29, 0.717) is 24.7 Å². The fourth-order valence-corrected chi connectivity index (χ4v) is 2.30. The van der Waals surface area contributed by atoms with Crippen LogP contribution < -0.4 is 0 Å². The first-order valence-electron chi connectivity index (χ1n) is 6.25. The molecule has 2 atom stereocenters. The van der Waals surface area contributed by atoms with Gasteiger partial charge in [0.25, 0.3) is 0 Å². The Bertz CT molecular complexity index is 430. The number of carbonyl (C=O) groups is 1. The number of likely N-dealkylation sites (N-methyl/N-ethyl adjacent to an activating group) is 1. The van der Waals surface area contributed by atoms with E-state index in [1.54, 1.807) is 0 Å². The van der Waals surface area contributed by atoms with Gasteiger partial charge in [-0.05, 0) is 19.9 Å². The molecule has 6 heteroatoms. The van der Waals surface area contributed by atoms with E-state index < -0.39 is 12.0 Å². The lowest BCUT2D eigenvalue weighted by Crippen LogP contribution is -2.44. The Balaban J connectivity index is 2.05. The maximum atomic E-state index is 11.0. The minimum absolute atomic E-state index is 0.144. The number of likely N-dealkylation sites (tertiary alicyclic amines) is 1. The Kier molecular flexibility index (Phi) is 3.65. The summed E-state index contributed by atoms with van der Waals surface area (Å²) in [5.41, 5.74) is 0. The topological polar surface area (TPSA) is 79.5 Å². The average Bonchev–Trinajstić information content (AvgIpc) is 2.77. The summed E-state index contributed by atoms with van der Waals surface area (Å²) in [5, 5.41) is 17.1. The highest BCUT2D eigenvalue weighted by atomic mass is 16.4. The van der Waals surface area contributed by atoms with Gasteiger partial charge in [0.15, 0.2) is 0 Å². The van der Waals surface area contributed by atoms with Crippen LogP contribution in [-0.2, 0) is 4.79 Å². The van der Waals surface area contributed by atoms with Crippen LogP contribution in [0.25, 0.3) is 0 Å². The van der Waals surface area contributed by atoms with Crippen molar-refractivity contribution in [1.82, 2.24) is 15.1 Å². The molecule has 1 saturated heterocycles. The van der Waals surface area contributed by atoms with Crippen molar-refractivity contribution in [2.75, 3.05) is 13.6 Å². The van der Waals surface area contributed by atoms with Crippen LogP contribution >= 0.6 is 0 Å². The largest absolute Gasteiger partial charge is 0.480 e. The highest BCUT2D eigenvalue weighted by molar-refractivity contribution is 5.73. The van der Waals surface area contributed by atoms with Crippen molar-refractivity contribution in [2.45, 2.75) is 44.6 Å². The lowest BCUT2D eigenvalue weighted by Gasteiger charge is -2.33. The zero-order valence-electron chi connectivity index (χ0n) is 11.0. The molecule has 1 fully saturated rings. The molecular weight excluding hydrogens is 234 g/mol. The maximum absolute atomic E-state index is 11.0. The van der Waals surface area contributed by atoms with Crippen LogP contribution in [0.4, 0.5) is 0 Å². The zero-order chi connectivity index (χ0) is 13.3. The van der Waals surface area contributed by atoms with Crippen LogP contribution in [0.1, 0.15) is 50.3 Å². The molecule has 0 saturated carbocycles. The first kappa shape index (κ1) is 13.0. The van der Waals surface area contributed by atoms with Gasteiger partial charge in [-0.25, -0.2) is 0 Å². The molecule has 18 heavy (non-hydrogen) atoms. The third-order valence-electron chi connectivity index (χ3n) is 3.41. The lowest BCUT2D eigenvalue weighted by molar-refractivity contribution is -0.144. The highest BCUT2D eigenvalue weighted by Crippen LogP contribution is 2.29. The molecule has 1 aliphatic heterocycles. The predicted molar refractivity (Wildman–Crippen MR) is 64.4 cm³/mol. The van der Waals surface area contributed by atoms with E-state index in [9.17, 15) is 4.79 Å². The average molecular weight is 253 g/mol. The third kappa shape index (κ3) is 2.53. The molecule has 1 N–H and O–H groups in total. The van der Waals surface area contributed by atoms with Crippen LogP contribution in [0.3, 0.4) is 0 Å². The van der Waals surface area contributed by atoms with Gasteiger partial charge < -0.3 is 9.52 Å². The smallest absolute Gasteiger partial charge is 0.320 e. The van der Waals surface area contributed by atoms with E-state index in [1.807, 2.05) is 25.8 Å². The molecule has 0 radical (unpaired) electrons. The molecule has 2 heterocycles. The molecule has 2 rings (SSSR count). The number of nitrogens with zero attached hydrogens (tertiary/aromatic N) is 3. The number of hydrogen-bond donors (Lipinski definition) is 1. The minimum atomic E-state index is -0.760. The molecule has 0 amide bonds. The van der Waals surface area contributed by atoms with E-state index in [0.717, 1.165) is 6.42 Å². The number of aliphatic carboxylic acids is 1. The normalized spacial score (nSPS) is 25.6. The lowest BCUT2D eigenvalue weighted by atomic mass is 9.93. The summed E-state index contributed by atoms with van der Waals surface area (Å²) in [7, 11) is 1.82. The summed E-state index contributed by atoms with van der Waals surface area (Å²) in [4.78, 5) is 12.9. The van der Waals surface area contributed by atoms with Gasteiger partial charge in [-0.15, -0.1) is 10.2 Å². The molecule has 100 valence electrons. The van der Waals surface area contributed by atoms with Crippen LogP contribution in [0.5, 0.6) is 0 Å². The van der Waals surface area contributed by atoms with Gasteiger partial charge in [0.2, 0.25) is 11.8 Å². The Hall–Kier alpha value is -1.43. The maximum Gasteiger partial charge on any atom is 0.320 e. The number of carboxylic acids is 1. The van der Waals surface area contributed by atoms with Crippen LogP contribution in [0, 0.1) is 0 Å². The molecule has 1 aromatic heterocycles. The molecule has 0 spiro atoms. The van der Waals surface area contributed by atoms with Gasteiger partial charge in [-0.3, -0.25) is 9.69 Å². The van der Waals surface area contributed by atoms with E-state index >= 15 is 0 Å². The molecule has 0 bridgehead atoms. The monoisotopic (exact) mass is 253 g/mol. The Morgan fingerprint density at radius 2 is 2.17 bits per heavy atom. The minimum Gasteiger partial charge on any atom is -0.480 e. The fourth-order valence-electron chi connectivity index (χ4n) is 2.30. The van der Waals surface area contributed by atoms with Crippen molar-refractivity contribution < 1.29 is 14.3 Å². The predicted octanol–water partition coefficient (Wildman–Crippen LogP) is 1.46. The zero-order valence-corrected chi connectivity index (χ0v) is 11.0. The molecule has 2 unspecified atom stereocenters. The van der Waals surface area contributed by atoms with Gasteiger partial charge >= 0.3 is 5.97 Å². The summed E-state index contributed by atoms with van der Waals surface area (Å²) < 4.78 is 5.63. The number of hydrogen-bond acceptors (Lipinski definition) is 5. The third-order valence-corrected chi connectivity index (χ3v) is 3.41. The number of aromatic nitrogens is 2. The van der Waals surface area contributed by atoms with Crippen LogP contribution in [0.15, 0.2) is 4.42 Å². The van der Waals surface area contributed by atoms with Crippen molar-refractivity contribution in [1.29, 1.82) is 0 Å². The summed E-state index contributed by atoms with van der Waals surface area (Å²) >= 11 is 0. The SMILES string of the molecule is CC(C)c1nnc(C2CCC(C(=O)O)N(C)C2)o1. The van der Waals surface area contributed by atoms with Crippen molar-refractivity contribution in [3.8, 4) is 0 Å². The quantitative estimate of drug-likeness (QED) is 0.878. The Labute approximate surface area is 106 Å². The van der Waals surface area contributed by atoms with E-state index in [1.165, 1.54) is 0 Å². The van der Waals surface area contributed by atoms with E-state index in [-0.39, 0.29) is 11.8 Å². The van der Waals surface area contributed by atoms with Crippen molar-refractivity contribution in [3.05, 3.63) is 11.8 Å². The number of carboxylic acid groups (broad SMARTS) is 1. The summed E-state index contributed by atoms with van der Waals surface area (Å²) in [6.07, 6.45) is 1.40. The Morgan fingerprint density at radius 1 is 1.44 bits per heavy atom. The second-order valence-electron chi connectivity index (χ2n) is 5.20. The van der Waals surface area contributed by atoms with E-state index in [4.69, 9.17) is 9.52 Å². The fraction of sp³-hybridized carbons (Fsp3) is 0.750. The van der Waals surface area contributed by atoms with Gasteiger partial charge in [-0.1, -0.05) is 13.8 Å². The summed E-state index contributed by atoms with van der Waals surface area (Å²) in [5.74, 6) is 0.886. The molecule has 1 aromatic rings. The number of rotatable bonds is 3. The van der Waals surface area contributed by atoms with Crippen LogP contribution in [-0.4, -0.2) is 45.8 Å². The van der Waals surface area contributed by atoms with Gasteiger partial charge in [0.05, 0.1) is 5.92 Å². The van der Waals surface area contributed by atoms with Crippen LogP contribution in [0.2, 0.25) is 0 Å². The molecule has 0 aromatic carbocycles. The molecule has 0 aliphatic carbocycles.